The maximum atomic E-state index is 10.6. The van der Waals surface area contributed by atoms with Crippen LogP contribution in [0.25, 0.3) is 0 Å². The minimum atomic E-state index is -0.502. The second-order valence-corrected chi connectivity index (χ2v) is 8.31. The lowest BCUT2D eigenvalue weighted by Crippen LogP contribution is -2.93. The van der Waals surface area contributed by atoms with Crippen LogP contribution in [0.1, 0.15) is 49.8 Å². The Hall–Kier alpha value is -2.08. The molecule has 0 spiro atoms. The number of quaternary nitrogens is 1. The average Bonchev–Trinajstić information content (AvgIpc) is 2.79. The van der Waals surface area contributed by atoms with E-state index in [0.29, 0.717) is 19.2 Å². The van der Waals surface area contributed by atoms with E-state index in [4.69, 9.17) is 14.2 Å². The third-order valence-corrected chi connectivity index (χ3v) is 6.18. The summed E-state index contributed by atoms with van der Waals surface area (Å²) in [5, 5.41) is 12.9. The fourth-order valence-electron chi connectivity index (χ4n) is 4.24. The number of benzene rings is 2. The van der Waals surface area contributed by atoms with E-state index < -0.39 is 6.10 Å². The molecule has 3 rings (SSSR count). The minimum Gasteiger partial charge on any atom is -0.497 e. The Kier molecular flexibility index (Phi) is 8.55. The molecule has 0 unspecified atom stereocenters. The standard InChI is InChI=1S/C25H35NO4/c1-18-6-4-5-7-24(18)26-16-21(27)17-30-25(19-8-12-22(28-2)13-9-19)20-10-14-23(29-3)15-11-20/h8-15,18,21,24-27H,4-7,16-17H2,1-3H3/p+1/t18-,21+,24+/m1/s1. The molecular formula is C25H36NO4+. The van der Waals surface area contributed by atoms with Gasteiger partial charge in [0.15, 0.2) is 0 Å². The lowest BCUT2D eigenvalue weighted by Gasteiger charge is -2.27. The number of rotatable bonds is 10. The fourth-order valence-corrected chi connectivity index (χ4v) is 4.24. The number of methoxy groups -OCH3 is 2. The summed E-state index contributed by atoms with van der Waals surface area (Å²) in [6.45, 7) is 3.29. The van der Waals surface area contributed by atoms with Gasteiger partial charge in [0.1, 0.15) is 30.3 Å². The lowest BCUT2D eigenvalue weighted by atomic mass is 9.86. The highest BCUT2D eigenvalue weighted by atomic mass is 16.5. The molecule has 5 nitrogen and oxygen atoms in total. The van der Waals surface area contributed by atoms with Gasteiger partial charge in [0.25, 0.3) is 0 Å². The van der Waals surface area contributed by atoms with Gasteiger partial charge in [0.2, 0.25) is 0 Å². The maximum Gasteiger partial charge on any atom is 0.126 e. The number of hydrogen-bond acceptors (Lipinski definition) is 4. The van der Waals surface area contributed by atoms with Gasteiger partial charge in [-0.15, -0.1) is 0 Å². The summed E-state index contributed by atoms with van der Waals surface area (Å²) in [7, 11) is 3.32. The Labute approximate surface area is 180 Å². The van der Waals surface area contributed by atoms with Crippen LogP contribution in [-0.2, 0) is 4.74 Å². The first-order valence-corrected chi connectivity index (χ1v) is 11.0. The smallest absolute Gasteiger partial charge is 0.126 e. The summed E-state index contributed by atoms with van der Waals surface area (Å²) >= 11 is 0. The van der Waals surface area contributed by atoms with Gasteiger partial charge < -0.3 is 24.6 Å². The molecule has 1 fully saturated rings. The van der Waals surface area contributed by atoms with Crippen LogP contribution < -0.4 is 14.8 Å². The van der Waals surface area contributed by atoms with Crippen molar-refractivity contribution in [3.63, 3.8) is 0 Å². The zero-order valence-electron chi connectivity index (χ0n) is 18.4. The van der Waals surface area contributed by atoms with Crippen molar-refractivity contribution in [3.05, 3.63) is 59.7 Å². The van der Waals surface area contributed by atoms with Crippen LogP contribution in [0.15, 0.2) is 48.5 Å². The number of hydrogen-bond donors (Lipinski definition) is 2. The van der Waals surface area contributed by atoms with Gasteiger partial charge in [0, 0.05) is 5.92 Å². The monoisotopic (exact) mass is 414 g/mol. The summed E-state index contributed by atoms with van der Waals surface area (Å²) in [5.74, 6) is 2.34. The first kappa shape index (κ1) is 22.6. The molecule has 0 bridgehead atoms. The quantitative estimate of drug-likeness (QED) is 0.626. The molecule has 164 valence electrons. The average molecular weight is 415 g/mol. The first-order valence-electron chi connectivity index (χ1n) is 11.0. The topological polar surface area (TPSA) is 64.5 Å². The molecule has 2 aromatic carbocycles. The van der Waals surface area contributed by atoms with E-state index in [1.807, 2.05) is 48.5 Å². The molecule has 1 aliphatic carbocycles. The van der Waals surface area contributed by atoms with Gasteiger partial charge in [-0.1, -0.05) is 37.6 Å². The zero-order chi connectivity index (χ0) is 21.3. The van der Waals surface area contributed by atoms with Crippen molar-refractivity contribution in [1.29, 1.82) is 0 Å². The summed E-state index contributed by atoms with van der Waals surface area (Å²) in [5.41, 5.74) is 2.05. The molecule has 0 heterocycles. The van der Waals surface area contributed by atoms with Crippen molar-refractivity contribution < 1.29 is 24.6 Å². The predicted molar refractivity (Wildman–Crippen MR) is 118 cm³/mol. The maximum absolute atomic E-state index is 10.6. The lowest BCUT2D eigenvalue weighted by molar-refractivity contribution is -0.703. The van der Waals surface area contributed by atoms with Crippen molar-refractivity contribution in [2.75, 3.05) is 27.4 Å². The van der Waals surface area contributed by atoms with Gasteiger partial charge in [-0.25, -0.2) is 0 Å². The van der Waals surface area contributed by atoms with E-state index in [9.17, 15) is 5.11 Å². The summed E-state index contributed by atoms with van der Waals surface area (Å²) in [4.78, 5) is 0. The third kappa shape index (κ3) is 6.21. The van der Waals surface area contributed by atoms with Crippen LogP contribution >= 0.6 is 0 Å². The van der Waals surface area contributed by atoms with Gasteiger partial charge in [-0.3, -0.25) is 0 Å². The van der Waals surface area contributed by atoms with Crippen LogP contribution in [0.3, 0.4) is 0 Å². The highest BCUT2D eigenvalue weighted by molar-refractivity contribution is 5.36. The van der Waals surface area contributed by atoms with Crippen molar-refractivity contribution >= 4 is 0 Å². The van der Waals surface area contributed by atoms with Crippen molar-refractivity contribution in [2.45, 2.75) is 50.9 Å². The zero-order valence-corrected chi connectivity index (χ0v) is 18.4. The summed E-state index contributed by atoms with van der Waals surface area (Å²) in [6.07, 6.45) is 4.42. The minimum absolute atomic E-state index is 0.259. The fraction of sp³-hybridized carbons (Fsp3) is 0.520. The molecule has 0 saturated heterocycles. The molecule has 30 heavy (non-hydrogen) atoms. The van der Waals surface area contributed by atoms with Crippen LogP contribution in [0.2, 0.25) is 0 Å². The molecule has 3 atom stereocenters. The Bertz CT molecular complexity index is 699. The van der Waals surface area contributed by atoms with E-state index in [0.717, 1.165) is 28.5 Å². The van der Waals surface area contributed by atoms with E-state index >= 15 is 0 Å². The van der Waals surface area contributed by atoms with Crippen LogP contribution in [-0.4, -0.2) is 44.6 Å². The summed E-state index contributed by atoms with van der Waals surface area (Å²) in [6, 6.07) is 16.4. The highest BCUT2D eigenvalue weighted by Crippen LogP contribution is 2.29. The Morgan fingerprint density at radius 1 is 0.900 bits per heavy atom. The van der Waals surface area contributed by atoms with Crippen LogP contribution in [0, 0.1) is 5.92 Å². The molecule has 0 aliphatic heterocycles. The molecule has 0 radical (unpaired) electrons. The van der Waals surface area contributed by atoms with E-state index in [1.54, 1.807) is 14.2 Å². The van der Waals surface area contributed by atoms with Crippen molar-refractivity contribution in [2.24, 2.45) is 5.92 Å². The first-order chi connectivity index (χ1) is 14.6. The molecule has 5 heteroatoms. The normalized spacial score (nSPS) is 20.2. The van der Waals surface area contributed by atoms with Gasteiger partial charge in [0.05, 0.1) is 26.9 Å². The number of ether oxygens (including phenoxy) is 3. The van der Waals surface area contributed by atoms with Crippen molar-refractivity contribution in [3.8, 4) is 11.5 Å². The van der Waals surface area contributed by atoms with Gasteiger partial charge in [-0.05, 0) is 54.7 Å². The van der Waals surface area contributed by atoms with Gasteiger partial charge in [-0.2, -0.15) is 0 Å². The SMILES string of the molecule is COc1ccc(C(OC[C@@H](O)C[NH2+][C@H]2CCCC[C@H]2C)c2ccc(OC)cc2)cc1. The van der Waals surface area contributed by atoms with E-state index in [2.05, 4.69) is 12.2 Å². The van der Waals surface area contributed by atoms with Crippen LogP contribution in [0.4, 0.5) is 0 Å². The molecule has 2 aromatic rings. The predicted octanol–water partition coefficient (Wildman–Crippen LogP) is 3.31. The number of aliphatic hydroxyl groups is 1. The number of aliphatic hydroxyl groups excluding tert-OH is 1. The third-order valence-electron chi connectivity index (χ3n) is 6.18. The molecule has 0 aromatic heterocycles. The Morgan fingerprint density at radius 2 is 1.43 bits per heavy atom. The second kappa shape index (κ2) is 11.3. The molecule has 1 aliphatic rings. The van der Waals surface area contributed by atoms with E-state index in [-0.39, 0.29) is 6.10 Å². The van der Waals surface area contributed by atoms with Crippen LogP contribution in [0.5, 0.6) is 11.5 Å². The number of nitrogens with two attached hydrogens (primary N) is 1. The Morgan fingerprint density at radius 3 is 1.93 bits per heavy atom. The largest absolute Gasteiger partial charge is 0.497 e. The highest BCUT2D eigenvalue weighted by Gasteiger charge is 2.25. The Balaban J connectivity index is 1.63. The molecular weight excluding hydrogens is 378 g/mol. The second-order valence-electron chi connectivity index (χ2n) is 8.31. The summed E-state index contributed by atoms with van der Waals surface area (Å²) < 4.78 is 16.8. The molecule has 1 saturated carbocycles. The van der Waals surface area contributed by atoms with Crippen molar-refractivity contribution in [1.82, 2.24) is 0 Å². The van der Waals surface area contributed by atoms with Gasteiger partial charge >= 0.3 is 0 Å². The molecule has 0 amide bonds. The molecule has 3 N–H and O–H groups in total. The van der Waals surface area contributed by atoms with E-state index in [1.165, 1.54) is 25.7 Å².